The highest BCUT2D eigenvalue weighted by Gasteiger charge is 1.99. The summed E-state index contributed by atoms with van der Waals surface area (Å²) in [6.45, 7) is 0. The monoisotopic (exact) mass is 218 g/mol. The fraction of sp³-hybridized carbons (Fsp3) is 0. The number of nitrogens with one attached hydrogen (secondary N) is 1. The summed E-state index contributed by atoms with van der Waals surface area (Å²) >= 11 is 1.57. The standard InChI is InChI=1S/C10H10N4S/c11-14-9-6-10(13-7-12-9)15-8-4-2-1-3-5-8/h1-7H,11H2,(H,12,13,14). The van der Waals surface area contributed by atoms with E-state index in [1.54, 1.807) is 17.8 Å². The van der Waals surface area contributed by atoms with Gasteiger partial charge in [0.1, 0.15) is 17.2 Å². The maximum Gasteiger partial charge on any atom is 0.144 e. The van der Waals surface area contributed by atoms with E-state index in [1.165, 1.54) is 6.33 Å². The summed E-state index contributed by atoms with van der Waals surface area (Å²) in [5, 5.41) is 0.865. The van der Waals surface area contributed by atoms with Crippen LogP contribution in [0.4, 0.5) is 5.82 Å². The second-order valence-corrected chi connectivity index (χ2v) is 3.89. The molecule has 1 aromatic carbocycles. The minimum atomic E-state index is 0.614. The van der Waals surface area contributed by atoms with Crippen LogP contribution in [0.1, 0.15) is 0 Å². The van der Waals surface area contributed by atoms with E-state index in [1.807, 2.05) is 30.3 Å². The van der Waals surface area contributed by atoms with Crippen LogP contribution in [0, 0.1) is 0 Å². The first-order valence-corrected chi connectivity index (χ1v) is 5.22. The number of nitrogen functional groups attached to an aromatic ring is 1. The molecule has 0 amide bonds. The quantitative estimate of drug-likeness (QED) is 0.468. The van der Waals surface area contributed by atoms with Crippen LogP contribution in [0.2, 0.25) is 0 Å². The smallest absolute Gasteiger partial charge is 0.144 e. The van der Waals surface area contributed by atoms with Crippen LogP contribution in [0.5, 0.6) is 0 Å². The van der Waals surface area contributed by atoms with Crippen LogP contribution >= 0.6 is 11.8 Å². The number of nitrogens with two attached hydrogens (primary N) is 1. The molecule has 76 valence electrons. The summed E-state index contributed by atoms with van der Waals surface area (Å²) in [5.41, 5.74) is 2.49. The Morgan fingerprint density at radius 2 is 1.93 bits per heavy atom. The van der Waals surface area contributed by atoms with Crippen molar-refractivity contribution in [2.45, 2.75) is 9.92 Å². The van der Waals surface area contributed by atoms with Gasteiger partial charge in [-0.25, -0.2) is 15.8 Å². The minimum Gasteiger partial charge on any atom is -0.308 e. The first kappa shape index (κ1) is 9.95. The van der Waals surface area contributed by atoms with Crippen molar-refractivity contribution in [2.75, 3.05) is 5.43 Å². The van der Waals surface area contributed by atoms with Gasteiger partial charge in [0.25, 0.3) is 0 Å². The third-order valence-electron chi connectivity index (χ3n) is 1.76. The molecule has 4 nitrogen and oxygen atoms in total. The Hall–Kier alpha value is -1.59. The van der Waals surface area contributed by atoms with Crippen molar-refractivity contribution in [1.29, 1.82) is 0 Å². The van der Waals surface area contributed by atoms with Gasteiger partial charge >= 0.3 is 0 Å². The topological polar surface area (TPSA) is 63.8 Å². The van der Waals surface area contributed by atoms with E-state index in [0.717, 1.165) is 9.92 Å². The highest BCUT2D eigenvalue weighted by molar-refractivity contribution is 7.99. The average molecular weight is 218 g/mol. The average Bonchev–Trinajstić information content (AvgIpc) is 2.31. The molecule has 5 heteroatoms. The molecule has 0 fully saturated rings. The van der Waals surface area contributed by atoms with E-state index in [0.29, 0.717) is 5.82 Å². The van der Waals surface area contributed by atoms with Crippen molar-refractivity contribution in [2.24, 2.45) is 5.84 Å². The molecule has 0 saturated carbocycles. The van der Waals surface area contributed by atoms with E-state index in [2.05, 4.69) is 15.4 Å². The zero-order valence-electron chi connectivity index (χ0n) is 7.92. The van der Waals surface area contributed by atoms with Crippen LogP contribution < -0.4 is 11.3 Å². The molecular weight excluding hydrogens is 208 g/mol. The molecule has 3 N–H and O–H groups in total. The van der Waals surface area contributed by atoms with Crippen LogP contribution in [-0.2, 0) is 0 Å². The molecule has 0 bridgehead atoms. The number of aromatic nitrogens is 2. The Morgan fingerprint density at radius 3 is 2.67 bits per heavy atom. The van der Waals surface area contributed by atoms with Gasteiger partial charge in [-0.05, 0) is 12.1 Å². The van der Waals surface area contributed by atoms with Gasteiger partial charge in [0.2, 0.25) is 0 Å². The molecule has 1 heterocycles. The third kappa shape index (κ3) is 2.68. The fourth-order valence-corrected chi connectivity index (χ4v) is 1.89. The minimum absolute atomic E-state index is 0.614. The lowest BCUT2D eigenvalue weighted by molar-refractivity contribution is 1.04. The van der Waals surface area contributed by atoms with Gasteiger partial charge in [-0.15, -0.1) is 0 Å². The summed E-state index contributed by atoms with van der Waals surface area (Å²) < 4.78 is 0. The normalized spacial score (nSPS) is 9.93. The summed E-state index contributed by atoms with van der Waals surface area (Å²) in [4.78, 5) is 9.22. The number of hydrazine groups is 1. The molecule has 0 spiro atoms. The number of benzene rings is 1. The Kier molecular flexibility index (Phi) is 3.16. The lowest BCUT2D eigenvalue weighted by Crippen LogP contribution is -2.08. The Morgan fingerprint density at radius 1 is 1.13 bits per heavy atom. The highest BCUT2D eigenvalue weighted by atomic mass is 32.2. The van der Waals surface area contributed by atoms with E-state index in [-0.39, 0.29) is 0 Å². The number of hydrogen-bond acceptors (Lipinski definition) is 5. The molecule has 2 aromatic rings. The summed E-state index contributed by atoms with van der Waals surface area (Å²) in [5.74, 6) is 5.88. The zero-order valence-corrected chi connectivity index (χ0v) is 8.74. The molecular formula is C10H10N4S. The number of anilines is 1. The second-order valence-electron chi connectivity index (χ2n) is 2.80. The molecule has 0 radical (unpaired) electrons. The molecule has 15 heavy (non-hydrogen) atoms. The van der Waals surface area contributed by atoms with Gasteiger partial charge in [0, 0.05) is 11.0 Å². The highest BCUT2D eigenvalue weighted by Crippen LogP contribution is 2.25. The van der Waals surface area contributed by atoms with Crippen molar-refractivity contribution in [3.8, 4) is 0 Å². The molecule has 2 rings (SSSR count). The van der Waals surface area contributed by atoms with Crippen molar-refractivity contribution in [3.63, 3.8) is 0 Å². The van der Waals surface area contributed by atoms with Crippen LogP contribution in [0.15, 0.2) is 52.6 Å². The molecule has 0 saturated heterocycles. The van der Waals surface area contributed by atoms with Crippen molar-refractivity contribution >= 4 is 17.6 Å². The third-order valence-corrected chi connectivity index (χ3v) is 2.70. The molecule has 0 aliphatic heterocycles. The van der Waals surface area contributed by atoms with E-state index in [9.17, 15) is 0 Å². The maximum absolute atomic E-state index is 5.26. The maximum atomic E-state index is 5.26. The summed E-state index contributed by atoms with van der Waals surface area (Å²) in [6.07, 6.45) is 1.49. The van der Waals surface area contributed by atoms with E-state index < -0.39 is 0 Å². The number of hydrogen-bond donors (Lipinski definition) is 2. The Balaban J connectivity index is 2.17. The summed E-state index contributed by atoms with van der Waals surface area (Å²) in [6, 6.07) is 11.8. The lowest BCUT2D eigenvalue weighted by Gasteiger charge is -2.02. The van der Waals surface area contributed by atoms with Crippen LogP contribution in [0.3, 0.4) is 0 Å². The SMILES string of the molecule is NNc1cc(Sc2ccccc2)ncn1. The Bertz CT molecular complexity index is 432. The van der Waals surface area contributed by atoms with Gasteiger partial charge in [0.15, 0.2) is 0 Å². The van der Waals surface area contributed by atoms with Crippen molar-refractivity contribution < 1.29 is 0 Å². The Labute approximate surface area is 91.9 Å². The van der Waals surface area contributed by atoms with Gasteiger partial charge in [-0.1, -0.05) is 30.0 Å². The first-order chi connectivity index (χ1) is 7.38. The van der Waals surface area contributed by atoms with Gasteiger partial charge in [-0.3, -0.25) is 0 Å². The predicted octanol–water partition coefficient (Wildman–Crippen LogP) is 1.91. The van der Waals surface area contributed by atoms with Crippen LogP contribution in [0.25, 0.3) is 0 Å². The van der Waals surface area contributed by atoms with E-state index >= 15 is 0 Å². The molecule has 0 aliphatic carbocycles. The molecule has 1 aromatic heterocycles. The fourth-order valence-electron chi connectivity index (χ4n) is 1.08. The van der Waals surface area contributed by atoms with Crippen LogP contribution in [-0.4, -0.2) is 9.97 Å². The second kappa shape index (κ2) is 4.77. The van der Waals surface area contributed by atoms with Crippen molar-refractivity contribution in [1.82, 2.24) is 9.97 Å². The first-order valence-electron chi connectivity index (χ1n) is 4.40. The van der Waals surface area contributed by atoms with Gasteiger partial charge in [-0.2, -0.15) is 0 Å². The van der Waals surface area contributed by atoms with Gasteiger partial charge < -0.3 is 5.43 Å². The molecule has 0 atom stereocenters. The van der Waals surface area contributed by atoms with Gasteiger partial charge in [0.05, 0.1) is 0 Å². The van der Waals surface area contributed by atoms with E-state index in [4.69, 9.17) is 5.84 Å². The molecule has 0 aliphatic rings. The zero-order chi connectivity index (χ0) is 10.5. The van der Waals surface area contributed by atoms with Crippen molar-refractivity contribution in [3.05, 3.63) is 42.7 Å². The molecule has 0 unspecified atom stereocenters. The largest absolute Gasteiger partial charge is 0.308 e. The lowest BCUT2D eigenvalue weighted by atomic mass is 10.4. The predicted molar refractivity (Wildman–Crippen MR) is 60.4 cm³/mol. The number of rotatable bonds is 3. The number of nitrogens with zero attached hydrogens (tertiary/aromatic N) is 2. The summed E-state index contributed by atoms with van der Waals surface area (Å²) in [7, 11) is 0.